The molecule has 3 heteroatoms. The van der Waals surface area contributed by atoms with E-state index in [1.165, 1.54) is 0 Å². The molecule has 10 heavy (non-hydrogen) atoms. The molecule has 1 rings (SSSR count). The predicted octanol–water partition coefficient (Wildman–Crippen LogP) is -0.127. The second kappa shape index (κ2) is 3.01. The van der Waals surface area contributed by atoms with E-state index in [9.17, 15) is 4.79 Å². The summed E-state index contributed by atoms with van der Waals surface area (Å²) in [7, 11) is 1.67. The van der Waals surface area contributed by atoms with Crippen molar-refractivity contribution in [2.24, 2.45) is 0 Å². The molecule has 0 aliphatic carbocycles. The molecule has 3 nitrogen and oxygen atoms in total. The van der Waals surface area contributed by atoms with Gasteiger partial charge in [-0.05, 0) is 19.8 Å². The van der Waals surface area contributed by atoms with E-state index in [-0.39, 0.29) is 11.9 Å². The highest BCUT2D eigenvalue weighted by Crippen LogP contribution is 2.10. The normalized spacial score (nSPS) is 32.2. The van der Waals surface area contributed by atoms with Crippen molar-refractivity contribution in [3.63, 3.8) is 0 Å². The van der Waals surface area contributed by atoms with Crippen molar-refractivity contribution in [3.8, 4) is 0 Å². The van der Waals surface area contributed by atoms with Crippen molar-refractivity contribution in [1.29, 1.82) is 0 Å². The summed E-state index contributed by atoms with van der Waals surface area (Å²) in [4.78, 5) is 11.0. The van der Waals surface area contributed by atoms with Gasteiger partial charge in [-0.3, -0.25) is 4.79 Å². The number of nitrogens with one attached hydrogen (secondary N) is 2. The second-order valence-electron chi connectivity index (χ2n) is 2.81. The Bertz CT molecular complexity index is 136. The Morgan fingerprint density at radius 3 is 2.70 bits per heavy atom. The summed E-state index contributed by atoms with van der Waals surface area (Å²) in [5.41, 5.74) is 0. The molecule has 2 atom stereocenters. The van der Waals surface area contributed by atoms with Crippen LogP contribution >= 0.6 is 0 Å². The van der Waals surface area contributed by atoms with E-state index in [0.717, 1.165) is 12.8 Å². The molecule has 0 aromatic rings. The molecular formula is C7H14N2O. The first kappa shape index (κ1) is 7.54. The lowest BCUT2D eigenvalue weighted by Crippen LogP contribution is -2.40. The van der Waals surface area contributed by atoms with Gasteiger partial charge < -0.3 is 10.6 Å². The molecule has 58 valence electrons. The molecule has 0 aromatic carbocycles. The molecule has 0 radical (unpaired) electrons. The van der Waals surface area contributed by atoms with Crippen LogP contribution in [0.2, 0.25) is 0 Å². The summed E-state index contributed by atoms with van der Waals surface area (Å²) in [6.07, 6.45) is 2.08. The van der Waals surface area contributed by atoms with Crippen molar-refractivity contribution >= 4 is 5.91 Å². The van der Waals surface area contributed by atoms with Gasteiger partial charge >= 0.3 is 0 Å². The highest BCUT2D eigenvalue weighted by atomic mass is 16.2. The summed E-state index contributed by atoms with van der Waals surface area (Å²) in [6, 6.07) is 0.558. The quantitative estimate of drug-likeness (QED) is 0.535. The zero-order valence-corrected chi connectivity index (χ0v) is 6.48. The third-order valence-electron chi connectivity index (χ3n) is 1.94. The summed E-state index contributed by atoms with van der Waals surface area (Å²) in [5.74, 6) is 0.115. The molecule has 2 unspecified atom stereocenters. The fourth-order valence-electron chi connectivity index (χ4n) is 1.31. The average molecular weight is 142 g/mol. The lowest BCUT2D eigenvalue weighted by atomic mass is 10.2. The van der Waals surface area contributed by atoms with E-state index in [2.05, 4.69) is 17.6 Å². The number of amides is 1. The monoisotopic (exact) mass is 142 g/mol. The number of rotatable bonds is 1. The maximum absolute atomic E-state index is 11.0. The van der Waals surface area contributed by atoms with Crippen LogP contribution in [0.1, 0.15) is 19.8 Å². The van der Waals surface area contributed by atoms with E-state index >= 15 is 0 Å². The fraction of sp³-hybridized carbons (Fsp3) is 0.857. The highest BCUT2D eigenvalue weighted by Gasteiger charge is 2.24. The Labute approximate surface area is 61.2 Å². The van der Waals surface area contributed by atoms with Gasteiger partial charge in [0.15, 0.2) is 0 Å². The van der Waals surface area contributed by atoms with Gasteiger partial charge in [-0.2, -0.15) is 0 Å². The number of hydrogen-bond donors (Lipinski definition) is 2. The lowest BCUT2D eigenvalue weighted by Gasteiger charge is -2.08. The van der Waals surface area contributed by atoms with Crippen LogP contribution in [0.3, 0.4) is 0 Å². The molecule has 1 aliphatic heterocycles. The first-order valence-electron chi connectivity index (χ1n) is 3.71. The van der Waals surface area contributed by atoms with Crippen LogP contribution in [0.15, 0.2) is 0 Å². The number of carbonyl (C=O) groups is 1. The van der Waals surface area contributed by atoms with E-state index in [4.69, 9.17) is 0 Å². The Hall–Kier alpha value is -0.570. The third-order valence-corrected chi connectivity index (χ3v) is 1.94. The molecule has 1 saturated heterocycles. The highest BCUT2D eigenvalue weighted by molar-refractivity contribution is 5.81. The van der Waals surface area contributed by atoms with Gasteiger partial charge in [0, 0.05) is 13.1 Å². The molecule has 1 amide bonds. The minimum absolute atomic E-state index is 0.0556. The maximum atomic E-state index is 11.0. The third kappa shape index (κ3) is 1.48. The van der Waals surface area contributed by atoms with Gasteiger partial charge in [-0.1, -0.05) is 0 Å². The van der Waals surface area contributed by atoms with Crippen molar-refractivity contribution in [2.45, 2.75) is 31.8 Å². The van der Waals surface area contributed by atoms with Crippen LogP contribution in [-0.4, -0.2) is 25.0 Å². The van der Waals surface area contributed by atoms with E-state index in [0.29, 0.717) is 6.04 Å². The Kier molecular flexibility index (Phi) is 2.27. The average Bonchev–Trinajstić information content (AvgIpc) is 2.34. The Balaban J connectivity index is 2.37. The molecule has 0 saturated carbocycles. The minimum atomic E-state index is 0.0556. The zero-order chi connectivity index (χ0) is 7.56. The predicted molar refractivity (Wildman–Crippen MR) is 39.7 cm³/mol. The fourth-order valence-corrected chi connectivity index (χ4v) is 1.31. The lowest BCUT2D eigenvalue weighted by molar-refractivity contribution is -0.122. The minimum Gasteiger partial charge on any atom is -0.358 e. The van der Waals surface area contributed by atoms with Gasteiger partial charge in [0.1, 0.15) is 0 Å². The van der Waals surface area contributed by atoms with Gasteiger partial charge in [0.25, 0.3) is 0 Å². The molecule has 1 fully saturated rings. The van der Waals surface area contributed by atoms with Gasteiger partial charge in [-0.15, -0.1) is 0 Å². The maximum Gasteiger partial charge on any atom is 0.236 e. The molecular weight excluding hydrogens is 128 g/mol. The van der Waals surface area contributed by atoms with Crippen LogP contribution in [0.4, 0.5) is 0 Å². The molecule has 0 spiro atoms. The smallest absolute Gasteiger partial charge is 0.236 e. The molecule has 2 N–H and O–H groups in total. The van der Waals surface area contributed by atoms with E-state index < -0.39 is 0 Å². The first-order valence-corrected chi connectivity index (χ1v) is 3.71. The molecule has 0 bridgehead atoms. The number of hydrogen-bond acceptors (Lipinski definition) is 2. The van der Waals surface area contributed by atoms with Crippen LogP contribution in [0.25, 0.3) is 0 Å². The van der Waals surface area contributed by atoms with Gasteiger partial charge in [-0.25, -0.2) is 0 Å². The van der Waals surface area contributed by atoms with Crippen molar-refractivity contribution in [2.75, 3.05) is 7.05 Å². The van der Waals surface area contributed by atoms with E-state index in [1.807, 2.05) is 0 Å². The molecule has 1 aliphatic rings. The Morgan fingerprint density at radius 2 is 2.30 bits per heavy atom. The van der Waals surface area contributed by atoms with Crippen molar-refractivity contribution in [1.82, 2.24) is 10.6 Å². The summed E-state index contributed by atoms with van der Waals surface area (Å²) in [5, 5.41) is 5.82. The number of carbonyl (C=O) groups excluding carboxylic acids is 1. The summed E-state index contributed by atoms with van der Waals surface area (Å²) < 4.78 is 0. The van der Waals surface area contributed by atoms with Crippen LogP contribution in [0, 0.1) is 0 Å². The van der Waals surface area contributed by atoms with Crippen molar-refractivity contribution in [3.05, 3.63) is 0 Å². The van der Waals surface area contributed by atoms with E-state index in [1.54, 1.807) is 7.05 Å². The van der Waals surface area contributed by atoms with Crippen LogP contribution in [-0.2, 0) is 4.79 Å². The van der Waals surface area contributed by atoms with Gasteiger partial charge in [0.05, 0.1) is 6.04 Å². The topological polar surface area (TPSA) is 41.1 Å². The van der Waals surface area contributed by atoms with Gasteiger partial charge in [0.2, 0.25) is 5.91 Å². The summed E-state index contributed by atoms with van der Waals surface area (Å²) >= 11 is 0. The molecule has 1 heterocycles. The van der Waals surface area contributed by atoms with Crippen LogP contribution in [0.5, 0.6) is 0 Å². The largest absolute Gasteiger partial charge is 0.358 e. The van der Waals surface area contributed by atoms with Crippen molar-refractivity contribution < 1.29 is 4.79 Å². The molecule has 0 aromatic heterocycles. The van der Waals surface area contributed by atoms with Crippen LogP contribution < -0.4 is 10.6 Å². The SMILES string of the molecule is CNC(=O)C1CCC(C)N1. The standard InChI is InChI=1S/C7H14N2O/c1-5-3-4-6(9-5)7(10)8-2/h5-6,9H,3-4H2,1-2H3,(H,8,10). The number of likely N-dealkylation sites (N-methyl/N-ethyl adjacent to an activating group) is 1. The second-order valence-corrected chi connectivity index (χ2v) is 2.81. The Morgan fingerprint density at radius 1 is 1.60 bits per heavy atom. The zero-order valence-electron chi connectivity index (χ0n) is 6.48. The first-order chi connectivity index (χ1) is 4.74. The summed E-state index contributed by atoms with van der Waals surface area (Å²) in [6.45, 7) is 2.10.